The maximum atomic E-state index is 12.7. The molecule has 5 heteroatoms. The number of nitrogens with one attached hydrogen (secondary N) is 1. The average Bonchev–Trinajstić information content (AvgIpc) is 3.16. The van der Waals surface area contributed by atoms with Gasteiger partial charge in [-0.3, -0.25) is 0 Å². The normalized spacial score (nSPS) is 23.2. The highest BCUT2D eigenvalue weighted by Gasteiger charge is 2.30. The molecule has 0 bridgehead atoms. The third-order valence-electron chi connectivity index (χ3n) is 5.21. The quantitative estimate of drug-likeness (QED) is 0.869. The molecule has 1 aromatic rings. The van der Waals surface area contributed by atoms with Crippen molar-refractivity contribution < 1.29 is 14.6 Å². The van der Waals surface area contributed by atoms with Crippen LogP contribution in [0.3, 0.4) is 0 Å². The number of morpholine rings is 1. The van der Waals surface area contributed by atoms with Gasteiger partial charge in [0.2, 0.25) is 0 Å². The van der Waals surface area contributed by atoms with Crippen molar-refractivity contribution in [2.75, 3.05) is 26.3 Å². The van der Waals surface area contributed by atoms with Gasteiger partial charge in [0.05, 0.1) is 25.9 Å². The molecule has 2 unspecified atom stereocenters. The number of nitrogens with zero attached hydrogens (tertiary/aromatic N) is 1. The zero-order valence-electron chi connectivity index (χ0n) is 14.2. The van der Waals surface area contributed by atoms with Crippen LogP contribution in [0.5, 0.6) is 0 Å². The Balaban J connectivity index is 1.63. The van der Waals surface area contributed by atoms with Crippen LogP contribution in [-0.2, 0) is 11.2 Å². The van der Waals surface area contributed by atoms with E-state index in [1.807, 2.05) is 6.07 Å². The number of carbonyl (C=O) groups is 1. The van der Waals surface area contributed by atoms with E-state index in [4.69, 9.17) is 4.74 Å². The molecule has 3 rings (SSSR count). The minimum absolute atomic E-state index is 0.0235. The zero-order valence-corrected chi connectivity index (χ0v) is 14.2. The summed E-state index contributed by atoms with van der Waals surface area (Å²) in [5, 5.41) is 12.5. The molecular formula is C19H28N2O3. The number of ether oxygens (including phenoxy) is 1. The molecule has 5 nitrogen and oxygen atoms in total. The van der Waals surface area contributed by atoms with Gasteiger partial charge in [-0.1, -0.05) is 43.2 Å². The average molecular weight is 332 g/mol. The summed E-state index contributed by atoms with van der Waals surface area (Å²) in [7, 11) is 0. The van der Waals surface area contributed by atoms with Gasteiger partial charge >= 0.3 is 6.03 Å². The molecule has 1 aromatic carbocycles. The largest absolute Gasteiger partial charge is 0.394 e. The van der Waals surface area contributed by atoms with E-state index in [1.165, 1.54) is 31.2 Å². The van der Waals surface area contributed by atoms with Gasteiger partial charge in [-0.15, -0.1) is 0 Å². The summed E-state index contributed by atoms with van der Waals surface area (Å²) < 4.78 is 5.44. The van der Waals surface area contributed by atoms with E-state index in [0.717, 1.165) is 6.42 Å². The number of urea groups is 1. The van der Waals surface area contributed by atoms with Gasteiger partial charge in [-0.25, -0.2) is 4.79 Å². The van der Waals surface area contributed by atoms with Crippen molar-refractivity contribution in [3.05, 3.63) is 35.9 Å². The Hall–Kier alpha value is -1.59. The van der Waals surface area contributed by atoms with Crippen LogP contribution in [0.15, 0.2) is 30.3 Å². The minimum Gasteiger partial charge on any atom is -0.394 e. The third-order valence-corrected chi connectivity index (χ3v) is 5.21. The van der Waals surface area contributed by atoms with Gasteiger partial charge in [0.1, 0.15) is 0 Å². The van der Waals surface area contributed by atoms with Crippen LogP contribution >= 0.6 is 0 Å². The lowest BCUT2D eigenvalue weighted by Crippen LogP contribution is -2.54. The first-order chi connectivity index (χ1) is 11.8. The molecular weight excluding hydrogens is 304 g/mol. The van der Waals surface area contributed by atoms with Crippen molar-refractivity contribution in [3.8, 4) is 0 Å². The molecule has 1 saturated carbocycles. The van der Waals surface area contributed by atoms with Crippen LogP contribution in [0.25, 0.3) is 0 Å². The highest BCUT2D eigenvalue weighted by molar-refractivity contribution is 5.74. The van der Waals surface area contributed by atoms with E-state index in [9.17, 15) is 9.90 Å². The lowest BCUT2D eigenvalue weighted by molar-refractivity contribution is -0.0406. The summed E-state index contributed by atoms with van der Waals surface area (Å²) >= 11 is 0. The molecule has 0 spiro atoms. The molecule has 0 radical (unpaired) electrons. The standard InChI is InChI=1S/C19H28N2O3/c22-14-17-13-21(10-11-24-17)19(23)20-18(16-8-4-5-9-16)12-15-6-2-1-3-7-15/h1-3,6-7,16-18,22H,4-5,8-14H2,(H,20,23). The molecule has 2 atom stereocenters. The van der Waals surface area contributed by atoms with E-state index in [2.05, 4.69) is 29.6 Å². The lowest BCUT2D eigenvalue weighted by atomic mass is 9.92. The van der Waals surface area contributed by atoms with Crippen LogP contribution in [0, 0.1) is 5.92 Å². The van der Waals surface area contributed by atoms with Crippen LogP contribution in [0.1, 0.15) is 31.2 Å². The summed E-state index contributed by atoms with van der Waals surface area (Å²) in [4.78, 5) is 14.5. The fraction of sp³-hybridized carbons (Fsp3) is 0.632. The van der Waals surface area contributed by atoms with Crippen molar-refractivity contribution in [2.45, 2.75) is 44.2 Å². The van der Waals surface area contributed by atoms with Crippen LogP contribution < -0.4 is 5.32 Å². The van der Waals surface area contributed by atoms with Crippen molar-refractivity contribution >= 4 is 6.03 Å². The van der Waals surface area contributed by atoms with Crippen LogP contribution in [0.4, 0.5) is 4.79 Å². The van der Waals surface area contributed by atoms with Crippen molar-refractivity contribution in [1.29, 1.82) is 0 Å². The Kier molecular flexibility index (Phi) is 6.10. The molecule has 1 aliphatic carbocycles. The van der Waals surface area contributed by atoms with Gasteiger partial charge < -0.3 is 20.1 Å². The van der Waals surface area contributed by atoms with Crippen LogP contribution in [0.2, 0.25) is 0 Å². The number of hydrogen-bond donors (Lipinski definition) is 2. The summed E-state index contributed by atoms with van der Waals surface area (Å²) in [5.74, 6) is 0.559. The molecule has 0 aromatic heterocycles. The predicted molar refractivity (Wildman–Crippen MR) is 92.8 cm³/mol. The molecule has 2 aliphatic rings. The van der Waals surface area contributed by atoms with E-state index in [-0.39, 0.29) is 24.8 Å². The topological polar surface area (TPSA) is 61.8 Å². The lowest BCUT2D eigenvalue weighted by Gasteiger charge is -2.34. The highest BCUT2D eigenvalue weighted by Crippen LogP contribution is 2.29. The first-order valence-corrected chi connectivity index (χ1v) is 9.08. The van der Waals surface area contributed by atoms with Gasteiger partial charge in [0.25, 0.3) is 0 Å². The number of aliphatic hydroxyl groups is 1. The van der Waals surface area contributed by atoms with Crippen molar-refractivity contribution in [3.63, 3.8) is 0 Å². The smallest absolute Gasteiger partial charge is 0.317 e. The second-order valence-corrected chi connectivity index (χ2v) is 6.91. The van der Waals surface area contributed by atoms with E-state index < -0.39 is 0 Å². The number of carbonyl (C=O) groups excluding carboxylic acids is 1. The second-order valence-electron chi connectivity index (χ2n) is 6.91. The maximum Gasteiger partial charge on any atom is 0.317 e. The summed E-state index contributed by atoms with van der Waals surface area (Å²) in [6.07, 6.45) is 5.53. The molecule has 2 N–H and O–H groups in total. The van der Waals surface area contributed by atoms with E-state index >= 15 is 0 Å². The molecule has 1 heterocycles. The minimum atomic E-state index is -0.261. The summed E-state index contributed by atoms with van der Waals surface area (Å²) in [5.41, 5.74) is 1.27. The summed E-state index contributed by atoms with van der Waals surface area (Å²) in [6.45, 7) is 1.50. The van der Waals surface area contributed by atoms with Gasteiger partial charge in [0, 0.05) is 12.6 Å². The summed E-state index contributed by atoms with van der Waals surface area (Å²) in [6, 6.07) is 10.5. The number of aliphatic hydroxyl groups excluding tert-OH is 1. The monoisotopic (exact) mass is 332 g/mol. The molecule has 132 valence electrons. The Bertz CT molecular complexity index is 517. The molecule has 24 heavy (non-hydrogen) atoms. The van der Waals surface area contributed by atoms with Gasteiger partial charge in [0.15, 0.2) is 0 Å². The zero-order chi connectivity index (χ0) is 16.8. The Labute approximate surface area is 144 Å². The Morgan fingerprint density at radius 3 is 2.75 bits per heavy atom. The molecule has 1 aliphatic heterocycles. The number of amides is 2. The number of benzene rings is 1. The van der Waals surface area contributed by atoms with Crippen LogP contribution in [-0.4, -0.2) is 54.5 Å². The van der Waals surface area contributed by atoms with Crippen molar-refractivity contribution in [1.82, 2.24) is 10.2 Å². The molecule has 2 fully saturated rings. The first kappa shape index (κ1) is 17.2. The molecule has 2 amide bonds. The predicted octanol–water partition coefficient (Wildman–Crippen LogP) is 2.19. The van der Waals surface area contributed by atoms with Gasteiger partial charge in [-0.2, -0.15) is 0 Å². The second kappa shape index (κ2) is 8.49. The highest BCUT2D eigenvalue weighted by atomic mass is 16.5. The number of hydrogen-bond acceptors (Lipinski definition) is 3. The Morgan fingerprint density at radius 2 is 2.04 bits per heavy atom. The SMILES string of the molecule is O=C(NC(Cc1ccccc1)C1CCCC1)N1CCOC(CO)C1. The third kappa shape index (κ3) is 4.48. The van der Waals surface area contributed by atoms with Gasteiger partial charge in [-0.05, 0) is 30.7 Å². The van der Waals surface area contributed by atoms with E-state index in [1.54, 1.807) is 4.90 Å². The Morgan fingerprint density at radius 1 is 1.29 bits per heavy atom. The fourth-order valence-electron chi connectivity index (χ4n) is 3.83. The molecule has 1 saturated heterocycles. The van der Waals surface area contributed by atoms with E-state index in [0.29, 0.717) is 25.6 Å². The number of rotatable bonds is 5. The van der Waals surface area contributed by atoms with Crippen molar-refractivity contribution in [2.24, 2.45) is 5.92 Å². The fourth-order valence-corrected chi connectivity index (χ4v) is 3.83. The maximum absolute atomic E-state index is 12.7. The first-order valence-electron chi connectivity index (χ1n) is 9.08.